The Bertz CT molecular complexity index is 530. The van der Waals surface area contributed by atoms with E-state index >= 15 is 0 Å². The minimum atomic E-state index is -0.379. The molecule has 0 bridgehead atoms. The number of anilines is 1. The fourth-order valence-electron chi connectivity index (χ4n) is 3.01. The zero-order valence-electron chi connectivity index (χ0n) is 12.4. The fraction of sp³-hybridized carbons (Fsp3) is 0.562. The average Bonchev–Trinajstić information content (AvgIpc) is 3.22. The Morgan fingerprint density at radius 1 is 1.38 bits per heavy atom. The van der Waals surface area contributed by atoms with Crippen LogP contribution in [0, 0.1) is 5.82 Å². The summed E-state index contributed by atoms with van der Waals surface area (Å²) in [4.78, 5) is 14.9. The summed E-state index contributed by atoms with van der Waals surface area (Å²) in [6.45, 7) is 4.44. The monoisotopic (exact) mass is 291 g/mol. The zero-order chi connectivity index (χ0) is 14.8. The van der Waals surface area contributed by atoms with Gasteiger partial charge in [-0.05, 0) is 38.3 Å². The predicted molar refractivity (Wildman–Crippen MR) is 81.0 cm³/mol. The Labute approximate surface area is 124 Å². The molecular formula is C16H22FN3O. The Balaban J connectivity index is 1.66. The first kappa shape index (κ1) is 14.3. The van der Waals surface area contributed by atoms with Gasteiger partial charge in [0.2, 0.25) is 0 Å². The molecular weight excluding hydrogens is 269 g/mol. The predicted octanol–water partition coefficient (Wildman–Crippen LogP) is 2.22. The average molecular weight is 291 g/mol. The van der Waals surface area contributed by atoms with Crippen molar-refractivity contribution in [2.45, 2.75) is 38.3 Å². The number of rotatable bonds is 5. The van der Waals surface area contributed by atoms with Crippen LogP contribution < -0.4 is 10.6 Å². The number of amides is 1. The molecule has 3 rings (SSSR count). The highest BCUT2D eigenvalue weighted by Crippen LogP contribution is 2.30. The van der Waals surface area contributed by atoms with Gasteiger partial charge in [-0.25, -0.2) is 4.39 Å². The number of hydrogen-bond donors (Lipinski definition) is 2. The molecule has 1 unspecified atom stereocenters. The lowest BCUT2D eigenvalue weighted by atomic mass is 10.1. The molecule has 1 aliphatic carbocycles. The molecule has 114 valence electrons. The van der Waals surface area contributed by atoms with E-state index in [1.165, 1.54) is 18.9 Å². The zero-order valence-corrected chi connectivity index (χ0v) is 12.4. The van der Waals surface area contributed by atoms with Gasteiger partial charge in [-0.1, -0.05) is 6.07 Å². The molecule has 1 saturated carbocycles. The maximum Gasteiger partial charge on any atom is 0.253 e. The van der Waals surface area contributed by atoms with E-state index in [-0.39, 0.29) is 17.8 Å². The minimum Gasteiger partial charge on any atom is -0.382 e. The molecule has 21 heavy (non-hydrogen) atoms. The molecule has 1 saturated heterocycles. The Morgan fingerprint density at radius 2 is 2.19 bits per heavy atom. The van der Waals surface area contributed by atoms with E-state index < -0.39 is 0 Å². The van der Waals surface area contributed by atoms with E-state index in [4.69, 9.17) is 0 Å². The standard InChI is InChI=1S/C16H22FN3O/c1-2-18-15-13(4-3-5-14(15)17)16(21)19-11-8-9-20(10-11)12-6-7-12/h3-5,11-12,18H,2,6-10H2,1H3,(H,19,21). The first-order valence-electron chi connectivity index (χ1n) is 7.76. The fourth-order valence-corrected chi connectivity index (χ4v) is 3.01. The Morgan fingerprint density at radius 3 is 2.90 bits per heavy atom. The molecule has 5 heteroatoms. The minimum absolute atomic E-state index is 0.177. The lowest BCUT2D eigenvalue weighted by Gasteiger charge is -2.17. The van der Waals surface area contributed by atoms with Gasteiger partial charge in [-0.2, -0.15) is 0 Å². The van der Waals surface area contributed by atoms with Crippen molar-refractivity contribution < 1.29 is 9.18 Å². The molecule has 4 nitrogen and oxygen atoms in total. The van der Waals surface area contributed by atoms with E-state index in [9.17, 15) is 9.18 Å². The summed E-state index contributed by atoms with van der Waals surface area (Å²) in [7, 11) is 0. The maximum absolute atomic E-state index is 13.8. The molecule has 1 aromatic rings. The molecule has 0 radical (unpaired) electrons. The van der Waals surface area contributed by atoms with Gasteiger partial charge in [-0.15, -0.1) is 0 Å². The molecule has 2 N–H and O–H groups in total. The number of hydrogen-bond acceptors (Lipinski definition) is 3. The molecule has 1 heterocycles. The van der Waals surface area contributed by atoms with E-state index in [0.717, 1.165) is 25.6 Å². The van der Waals surface area contributed by atoms with Crippen LogP contribution in [0.4, 0.5) is 10.1 Å². The maximum atomic E-state index is 13.8. The highest BCUT2D eigenvalue weighted by atomic mass is 19.1. The lowest BCUT2D eigenvalue weighted by molar-refractivity contribution is 0.0938. The number of benzene rings is 1. The van der Waals surface area contributed by atoms with Gasteiger partial charge in [-0.3, -0.25) is 9.69 Å². The van der Waals surface area contributed by atoms with Gasteiger partial charge in [0.1, 0.15) is 5.82 Å². The first-order valence-corrected chi connectivity index (χ1v) is 7.76. The highest BCUT2D eigenvalue weighted by Gasteiger charge is 2.35. The summed E-state index contributed by atoms with van der Waals surface area (Å²) in [5.74, 6) is -0.566. The van der Waals surface area contributed by atoms with Crippen molar-refractivity contribution in [1.82, 2.24) is 10.2 Å². The van der Waals surface area contributed by atoms with Gasteiger partial charge in [0.05, 0.1) is 11.3 Å². The van der Waals surface area contributed by atoms with Crippen molar-refractivity contribution in [2.24, 2.45) is 0 Å². The molecule has 2 aliphatic rings. The first-order chi connectivity index (χ1) is 10.2. The normalized spacial score (nSPS) is 22.3. The molecule has 1 aromatic carbocycles. The molecule has 2 fully saturated rings. The third kappa shape index (κ3) is 3.18. The van der Waals surface area contributed by atoms with Crippen LogP contribution in [0.15, 0.2) is 18.2 Å². The quantitative estimate of drug-likeness (QED) is 0.874. The molecule has 1 atom stereocenters. The molecule has 1 amide bonds. The van der Waals surface area contributed by atoms with Gasteiger partial charge in [0, 0.05) is 31.7 Å². The van der Waals surface area contributed by atoms with Crippen LogP contribution in [0.1, 0.15) is 36.5 Å². The van der Waals surface area contributed by atoms with Gasteiger partial charge in [0.25, 0.3) is 5.91 Å². The number of halogens is 1. The summed E-state index contributed by atoms with van der Waals surface area (Å²) in [6, 6.07) is 5.54. The topological polar surface area (TPSA) is 44.4 Å². The van der Waals surface area contributed by atoms with Crippen molar-refractivity contribution >= 4 is 11.6 Å². The second-order valence-corrected chi connectivity index (χ2v) is 5.88. The third-order valence-electron chi connectivity index (χ3n) is 4.23. The van der Waals surface area contributed by atoms with E-state index in [2.05, 4.69) is 15.5 Å². The van der Waals surface area contributed by atoms with Crippen LogP contribution in [-0.4, -0.2) is 42.5 Å². The number of carbonyl (C=O) groups excluding carboxylic acids is 1. The van der Waals surface area contributed by atoms with Crippen LogP contribution in [-0.2, 0) is 0 Å². The van der Waals surface area contributed by atoms with E-state index in [1.54, 1.807) is 12.1 Å². The lowest BCUT2D eigenvalue weighted by Crippen LogP contribution is -2.37. The van der Waals surface area contributed by atoms with Crippen molar-refractivity contribution in [3.63, 3.8) is 0 Å². The summed E-state index contributed by atoms with van der Waals surface area (Å²) in [5.41, 5.74) is 0.691. The molecule has 0 spiro atoms. The van der Waals surface area contributed by atoms with Crippen molar-refractivity contribution in [3.05, 3.63) is 29.6 Å². The highest BCUT2D eigenvalue weighted by molar-refractivity contribution is 5.99. The van der Waals surface area contributed by atoms with Crippen LogP contribution in [0.5, 0.6) is 0 Å². The van der Waals surface area contributed by atoms with Crippen molar-refractivity contribution in [3.8, 4) is 0 Å². The second kappa shape index (κ2) is 6.02. The van der Waals surface area contributed by atoms with E-state index in [0.29, 0.717) is 17.8 Å². The Hall–Kier alpha value is -1.62. The Kier molecular flexibility index (Phi) is 4.10. The summed E-state index contributed by atoms with van der Waals surface area (Å²) in [6.07, 6.45) is 3.55. The second-order valence-electron chi connectivity index (χ2n) is 5.88. The number of nitrogens with zero attached hydrogens (tertiary/aromatic N) is 1. The van der Waals surface area contributed by atoms with Gasteiger partial charge >= 0.3 is 0 Å². The summed E-state index contributed by atoms with van der Waals surface area (Å²) < 4.78 is 13.8. The van der Waals surface area contributed by atoms with Gasteiger partial charge in [0.15, 0.2) is 0 Å². The molecule has 0 aromatic heterocycles. The number of para-hydroxylation sites is 1. The van der Waals surface area contributed by atoms with Crippen molar-refractivity contribution in [1.29, 1.82) is 0 Å². The van der Waals surface area contributed by atoms with Crippen LogP contribution in [0.25, 0.3) is 0 Å². The molecule has 1 aliphatic heterocycles. The number of carbonyl (C=O) groups is 1. The van der Waals surface area contributed by atoms with Crippen LogP contribution in [0.3, 0.4) is 0 Å². The SMILES string of the molecule is CCNc1c(F)cccc1C(=O)NC1CCN(C2CC2)C1. The van der Waals surface area contributed by atoms with Crippen molar-refractivity contribution in [2.75, 3.05) is 25.0 Å². The summed E-state index contributed by atoms with van der Waals surface area (Å²) in [5, 5.41) is 5.99. The number of likely N-dealkylation sites (tertiary alicyclic amines) is 1. The largest absolute Gasteiger partial charge is 0.382 e. The van der Waals surface area contributed by atoms with Crippen LogP contribution in [0.2, 0.25) is 0 Å². The van der Waals surface area contributed by atoms with Gasteiger partial charge < -0.3 is 10.6 Å². The van der Waals surface area contributed by atoms with E-state index in [1.807, 2.05) is 6.92 Å². The third-order valence-corrected chi connectivity index (χ3v) is 4.23. The number of nitrogens with one attached hydrogen (secondary N) is 2. The van der Waals surface area contributed by atoms with Crippen LogP contribution >= 0.6 is 0 Å². The summed E-state index contributed by atoms with van der Waals surface area (Å²) >= 11 is 0. The smallest absolute Gasteiger partial charge is 0.253 e.